The van der Waals surface area contributed by atoms with Crippen molar-refractivity contribution in [1.29, 1.82) is 0 Å². The summed E-state index contributed by atoms with van der Waals surface area (Å²) in [5.41, 5.74) is 6.06. The van der Waals surface area contributed by atoms with Crippen LogP contribution in [0.3, 0.4) is 0 Å². The molecule has 0 unspecified atom stereocenters. The fourth-order valence-corrected chi connectivity index (χ4v) is 3.13. The Bertz CT molecular complexity index is 963. The second-order valence-electron chi connectivity index (χ2n) is 6.08. The van der Waals surface area contributed by atoms with Crippen molar-refractivity contribution in [2.24, 2.45) is 0 Å². The molecule has 3 aromatic rings. The van der Waals surface area contributed by atoms with Gasteiger partial charge in [0, 0.05) is 11.6 Å². The molecule has 1 amide bonds. The zero-order valence-corrected chi connectivity index (χ0v) is 13.7. The number of amides is 1. The van der Waals surface area contributed by atoms with E-state index in [4.69, 9.17) is 4.74 Å². The predicted octanol–water partition coefficient (Wildman–Crippen LogP) is 3.64. The zero-order valence-electron chi connectivity index (χ0n) is 13.7. The van der Waals surface area contributed by atoms with Crippen molar-refractivity contribution in [3.63, 3.8) is 0 Å². The van der Waals surface area contributed by atoms with Crippen molar-refractivity contribution in [3.8, 4) is 16.9 Å². The average Bonchev–Trinajstić information content (AvgIpc) is 2.79. The van der Waals surface area contributed by atoms with Gasteiger partial charge in [0.1, 0.15) is 12.4 Å². The van der Waals surface area contributed by atoms with Gasteiger partial charge in [0.05, 0.1) is 17.6 Å². The number of benzene rings is 2. The standard InChI is InChI=1S/C20H18N2O2/c1-12-3-5-16-15(7-8-21-19(16)13(12)2)14-4-6-18-17(11-14)20(23)22-9-10-24-18/h3-8,11H,9-10H2,1-2H3,(H,22,23). The highest BCUT2D eigenvalue weighted by Crippen LogP contribution is 2.33. The molecule has 4 heteroatoms. The zero-order chi connectivity index (χ0) is 16.7. The van der Waals surface area contributed by atoms with E-state index in [9.17, 15) is 4.79 Å². The van der Waals surface area contributed by atoms with E-state index in [1.807, 2.05) is 30.5 Å². The molecule has 1 aliphatic heterocycles. The third-order valence-electron chi connectivity index (χ3n) is 4.62. The molecular formula is C20H18N2O2. The molecule has 24 heavy (non-hydrogen) atoms. The number of hydrogen-bond donors (Lipinski definition) is 1. The second-order valence-corrected chi connectivity index (χ2v) is 6.08. The minimum absolute atomic E-state index is 0.0882. The smallest absolute Gasteiger partial charge is 0.255 e. The third-order valence-corrected chi connectivity index (χ3v) is 4.62. The molecule has 0 radical (unpaired) electrons. The van der Waals surface area contributed by atoms with Crippen LogP contribution in [0.15, 0.2) is 42.6 Å². The van der Waals surface area contributed by atoms with E-state index >= 15 is 0 Å². The monoisotopic (exact) mass is 318 g/mol. The molecule has 1 aromatic heterocycles. The Hall–Kier alpha value is -2.88. The number of nitrogens with zero attached hydrogens (tertiary/aromatic N) is 1. The largest absolute Gasteiger partial charge is 0.491 e. The van der Waals surface area contributed by atoms with Gasteiger partial charge >= 0.3 is 0 Å². The van der Waals surface area contributed by atoms with Crippen LogP contribution in [0, 0.1) is 13.8 Å². The molecule has 0 fully saturated rings. The van der Waals surface area contributed by atoms with Crippen LogP contribution in [0.1, 0.15) is 21.5 Å². The minimum Gasteiger partial charge on any atom is -0.491 e. The van der Waals surface area contributed by atoms with Gasteiger partial charge in [-0.25, -0.2) is 0 Å². The van der Waals surface area contributed by atoms with Crippen LogP contribution in [0.5, 0.6) is 5.75 Å². The summed E-state index contributed by atoms with van der Waals surface area (Å²) in [6.07, 6.45) is 1.83. The number of pyridine rings is 1. The number of aromatic nitrogens is 1. The second kappa shape index (κ2) is 5.64. The Labute approximate surface area is 140 Å². The van der Waals surface area contributed by atoms with Gasteiger partial charge in [-0.05, 0) is 54.3 Å². The molecule has 0 saturated heterocycles. The lowest BCUT2D eigenvalue weighted by Gasteiger charge is -2.12. The van der Waals surface area contributed by atoms with Crippen molar-refractivity contribution >= 4 is 16.8 Å². The number of carbonyl (C=O) groups excluding carboxylic acids is 1. The van der Waals surface area contributed by atoms with Crippen molar-refractivity contribution in [2.45, 2.75) is 13.8 Å². The van der Waals surface area contributed by atoms with E-state index in [2.05, 4.69) is 36.3 Å². The lowest BCUT2D eigenvalue weighted by atomic mass is 9.96. The van der Waals surface area contributed by atoms with E-state index in [1.165, 1.54) is 11.1 Å². The fraction of sp³-hybridized carbons (Fsp3) is 0.200. The number of carbonyl (C=O) groups is 1. The lowest BCUT2D eigenvalue weighted by molar-refractivity contribution is 0.0957. The van der Waals surface area contributed by atoms with Crippen LogP contribution >= 0.6 is 0 Å². The summed E-state index contributed by atoms with van der Waals surface area (Å²) in [6.45, 7) is 5.20. The number of nitrogens with one attached hydrogen (secondary N) is 1. The van der Waals surface area contributed by atoms with E-state index in [0.717, 1.165) is 22.0 Å². The van der Waals surface area contributed by atoms with Gasteiger partial charge in [0.25, 0.3) is 5.91 Å². The highest BCUT2D eigenvalue weighted by atomic mass is 16.5. The molecule has 2 heterocycles. The van der Waals surface area contributed by atoms with Crippen molar-refractivity contribution in [3.05, 3.63) is 59.3 Å². The highest BCUT2D eigenvalue weighted by molar-refractivity contribution is 6.01. The highest BCUT2D eigenvalue weighted by Gasteiger charge is 2.18. The molecule has 120 valence electrons. The molecular weight excluding hydrogens is 300 g/mol. The Balaban J connectivity index is 1.93. The molecule has 0 spiro atoms. The number of rotatable bonds is 1. The Morgan fingerprint density at radius 1 is 1.08 bits per heavy atom. The molecule has 0 bridgehead atoms. The van der Waals surface area contributed by atoms with Crippen LogP contribution in [-0.2, 0) is 0 Å². The predicted molar refractivity (Wildman–Crippen MR) is 94.5 cm³/mol. The summed E-state index contributed by atoms with van der Waals surface area (Å²) in [5.74, 6) is 0.550. The maximum Gasteiger partial charge on any atom is 0.255 e. The van der Waals surface area contributed by atoms with Gasteiger partial charge in [-0.3, -0.25) is 9.78 Å². The summed E-state index contributed by atoms with van der Waals surface area (Å²) >= 11 is 0. The number of ether oxygens (including phenoxy) is 1. The topological polar surface area (TPSA) is 51.2 Å². The third kappa shape index (κ3) is 2.31. The van der Waals surface area contributed by atoms with E-state index in [0.29, 0.717) is 24.5 Å². The minimum atomic E-state index is -0.0882. The SMILES string of the molecule is Cc1ccc2c(-c3ccc4c(c3)C(=O)NCCO4)ccnc2c1C. The maximum atomic E-state index is 12.2. The Morgan fingerprint density at radius 2 is 1.96 bits per heavy atom. The van der Waals surface area contributed by atoms with Crippen LogP contribution in [-0.4, -0.2) is 24.0 Å². The lowest BCUT2D eigenvalue weighted by Crippen LogP contribution is -2.24. The summed E-state index contributed by atoms with van der Waals surface area (Å²) in [7, 11) is 0. The van der Waals surface area contributed by atoms with E-state index in [1.54, 1.807) is 0 Å². The summed E-state index contributed by atoms with van der Waals surface area (Å²) in [5, 5.41) is 3.95. The maximum absolute atomic E-state index is 12.2. The van der Waals surface area contributed by atoms with Gasteiger partial charge in [-0.2, -0.15) is 0 Å². The summed E-state index contributed by atoms with van der Waals surface area (Å²) in [6, 6.07) is 12.0. The van der Waals surface area contributed by atoms with Crippen LogP contribution in [0.2, 0.25) is 0 Å². The van der Waals surface area contributed by atoms with Crippen LogP contribution < -0.4 is 10.1 Å². The number of fused-ring (bicyclic) bond motifs is 2. The average molecular weight is 318 g/mol. The van der Waals surface area contributed by atoms with E-state index < -0.39 is 0 Å². The first-order valence-electron chi connectivity index (χ1n) is 8.05. The van der Waals surface area contributed by atoms with Gasteiger partial charge in [0.2, 0.25) is 0 Å². The molecule has 1 N–H and O–H groups in total. The van der Waals surface area contributed by atoms with Crippen molar-refractivity contribution in [2.75, 3.05) is 13.2 Å². The van der Waals surface area contributed by atoms with Crippen LogP contribution in [0.4, 0.5) is 0 Å². The van der Waals surface area contributed by atoms with Gasteiger partial charge in [-0.15, -0.1) is 0 Å². The number of hydrogen-bond acceptors (Lipinski definition) is 3. The fourth-order valence-electron chi connectivity index (χ4n) is 3.13. The molecule has 0 saturated carbocycles. The quantitative estimate of drug-likeness (QED) is 0.745. The normalized spacial score (nSPS) is 13.8. The summed E-state index contributed by atoms with van der Waals surface area (Å²) < 4.78 is 5.64. The van der Waals surface area contributed by atoms with Crippen molar-refractivity contribution < 1.29 is 9.53 Å². The van der Waals surface area contributed by atoms with Gasteiger partial charge in [-0.1, -0.05) is 18.2 Å². The van der Waals surface area contributed by atoms with Crippen LogP contribution in [0.25, 0.3) is 22.0 Å². The van der Waals surface area contributed by atoms with Crippen molar-refractivity contribution in [1.82, 2.24) is 10.3 Å². The molecule has 1 aliphatic rings. The van der Waals surface area contributed by atoms with E-state index in [-0.39, 0.29) is 5.91 Å². The number of aryl methyl sites for hydroxylation is 2. The Morgan fingerprint density at radius 3 is 2.83 bits per heavy atom. The van der Waals surface area contributed by atoms with Gasteiger partial charge < -0.3 is 10.1 Å². The molecule has 0 aliphatic carbocycles. The van der Waals surface area contributed by atoms with Gasteiger partial charge in [0.15, 0.2) is 0 Å². The summed E-state index contributed by atoms with van der Waals surface area (Å²) in [4.78, 5) is 16.8. The molecule has 2 aromatic carbocycles. The molecule has 4 rings (SSSR count). The molecule has 4 nitrogen and oxygen atoms in total. The first-order chi connectivity index (χ1) is 11.6. The first kappa shape index (κ1) is 14.7. The Kier molecular flexibility index (Phi) is 3.45. The first-order valence-corrected chi connectivity index (χ1v) is 8.05. The molecule has 0 atom stereocenters.